The van der Waals surface area contributed by atoms with E-state index in [9.17, 15) is 0 Å². The van der Waals surface area contributed by atoms with Crippen LogP contribution in [-0.2, 0) is 0 Å². The van der Waals surface area contributed by atoms with Gasteiger partial charge < -0.3 is 11.5 Å². The van der Waals surface area contributed by atoms with Crippen molar-refractivity contribution in [1.29, 1.82) is 0 Å². The van der Waals surface area contributed by atoms with Crippen LogP contribution in [0.25, 0.3) is 0 Å². The Morgan fingerprint density at radius 3 is 2.53 bits per heavy atom. The molecule has 17 heavy (non-hydrogen) atoms. The standard InChI is InChI=1S/C13H11N3S/c14-9-5-3-7-11-12(9)16-13(15)8-4-1-2-6-10(8)17-11/h1-7H,14H2,(H2,15,16). The molecule has 1 heterocycles. The van der Waals surface area contributed by atoms with E-state index in [2.05, 4.69) is 4.99 Å². The molecule has 2 aromatic carbocycles. The molecule has 0 radical (unpaired) electrons. The Labute approximate surface area is 104 Å². The minimum atomic E-state index is 0.518. The summed E-state index contributed by atoms with van der Waals surface area (Å²) in [5.41, 5.74) is 14.3. The van der Waals surface area contributed by atoms with Crippen LogP contribution in [0.1, 0.15) is 5.56 Å². The summed E-state index contributed by atoms with van der Waals surface area (Å²) in [4.78, 5) is 6.58. The van der Waals surface area contributed by atoms with E-state index in [0.717, 1.165) is 21.0 Å². The second-order valence-electron chi connectivity index (χ2n) is 3.79. The van der Waals surface area contributed by atoms with Gasteiger partial charge in [0.1, 0.15) is 11.5 Å². The number of nitrogens with zero attached hydrogens (tertiary/aromatic N) is 1. The number of nitrogens with two attached hydrogens (primary N) is 2. The Balaban J connectivity index is 2.28. The monoisotopic (exact) mass is 241 g/mol. The number of rotatable bonds is 0. The fourth-order valence-electron chi connectivity index (χ4n) is 1.81. The molecule has 0 atom stereocenters. The van der Waals surface area contributed by atoms with Gasteiger partial charge in [-0.15, -0.1) is 0 Å². The summed E-state index contributed by atoms with van der Waals surface area (Å²) in [6.45, 7) is 0. The predicted octanol–water partition coefficient (Wildman–Crippen LogP) is 2.77. The van der Waals surface area contributed by atoms with E-state index in [-0.39, 0.29) is 0 Å². The van der Waals surface area contributed by atoms with Crippen LogP contribution < -0.4 is 11.5 Å². The maximum Gasteiger partial charge on any atom is 0.132 e. The van der Waals surface area contributed by atoms with Crippen molar-refractivity contribution in [2.24, 2.45) is 10.7 Å². The molecule has 0 saturated carbocycles. The molecular weight excluding hydrogens is 230 g/mol. The average Bonchev–Trinajstić information content (AvgIpc) is 2.47. The second-order valence-corrected chi connectivity index (χ2v) is 4.87. The number of anilines is 1. The first kappa shape index (κ1) is 10.2. The molecule has 0 fully saturated rings. The normalized spacial score (nSPS) is 13.3. The number of nitrogen functional groups attached to an aromatic ring is 1. The maximum absolute atomic E-state index is 6.01. The van der Waals surface area contributed by atoms with Gasteiger partial charge in [0.15, 0.2) is 0 Å². The molecule has 1 aliphatic rings. The molecule has 0 aromatic heterocycles. The SMILES string of the molecule is NC1=Nc2c(N)cccc2Sc2ccccc21. The summed E-state index contributed by atoms with van der Waals surface area (Å²) in [6.07, 6.45) is 0. The van der Waals surface area contributed by atoms with E-state index < -0.39 is 0 Å². The largest absolute Gasteiger partial charge is 0.397 e. The Hall–Kier alpha value is -1.94. The Morgan fingerprint density at radius 1 is 0.882 bits per heavy atom. The van der Waals surface area contributed by atoms with Crippen molar-refractivity contribution in [3.63, 3.8) is 0 Å². The van der Waals surface area contributed by atoms with Gasteiger partial charge in [-0.25, -0.2) is 4.99 Å². The molecule has 4 heteroatoms. The van der Waals surface area contributed by atoms with Gasteiger partial charge in [0.25, 0.3) is 0 Å². The average molecular weight is 241 g/mol. The maximum atomic E-state index is 6.01. The van der Waals surface area contributed by atoms with Gasteiger partial charge in [0, 0.05) is 15.4 Å². The molecule has 0 saturated heterocycles. The predicted molar refractivity (Wildman–Crippen MR) is 71.8 cm³/mol. The summed E-state index contributed by atoms with van der Waals surface area (Å²) >= 11 is 1.65. The lowest BCUT2D eigenvalue weighted by atomic mass is 10.2. The highest BCUT2D eigenvalue weighted by Gasteiger charge is 2.16. The third-order valence-corrected chi connectivity index (χ3v) is 3.77. The molecule has 0 spiro atoms. The van der Waals surface area contributed by atoms with E-state index in [1.54, 1.807) is 11.8 Å². The van der Waals surface area contributed by atoms with Gasteiger partial charge in [0.05, 0.1) is 5.69 Å². The van der Waals surface area contributed by atoms with Crippen LogP contribution in [0, 0.1) is 0 Å². The number of benzene rings is 2. The van der Waals surface area contributed by atoms with Crippen LogP contribution in [0.15, 0.2) is 57.2 Å². The first-order valence-electron chi connectivity index (χ1n) is 5.25. The number of hydrogen-bond acceptors (Lipinski definition) is 4. The minimum absolute atomic E-state index is 0.518. The van der Waals surface area contributed by atoms with Gasteiger partial charge in [-0.3, -0.25) is 0 Å². The minimum Gasteiger partial charge on any atom is -0.397 e. The fraction of sp³-hybridized carbons (Fsp3) is 0. The zero-order valence-corrected chi connectivity index (χ0v) is 9.87. The first-order chi connectivity index (χ1) is 8.25. The topological polar surface area (TPSA) is 64.4 Å². The molecule has 3 rings (SSSR count). The van der Waals surface area contributed by atoms with Gasteiger partial charge >= 0.3 is 0 Å². The lowest BCUT2D eigenvalue weighted by molar-refractivity contribution is 1.37. The Morgan fingerprint density at radius 2 is 1.65 bits per heavy atom. The quantitative estimate of drug-likeness (QED) is 0.697. The van der Waals surface area contributed by atoms with Crippen molar-refractivity contribution < 1.29 is 0 Å². The number of para-hydroxylation sites is 1. The second kappa shape index (κ2) is 3.82. The van der Waals surface area contributed by atoms with Gasteiger partial charge in [-0.05, 0) is 18.2 Å². The van der Waals surface area contributed by atoms with E-state index in [0.29, 0.717) is 11.5 Å². The highest BCUT2D eigenvalue weighted by Crippen LogP contribution is 2.42. The van der Waals surface area contributed by atoms with Crippen LogP contribution in [0.3, 0.4) is 0 Å². The van der Waals surface area contributed by atoms with Crippen molar-refractivity contribution in [1.82, 2.24) is 0 Å². The van der Waals surface area contributed by atoms with Crippen LogP contribution >= 0.6 is 11.8 Å². The summed E-state index contributed by atoms with van der Waals surface area (Å²) < 4.78 is 0. The highest BCUT2D eigenvalue weighted by molar-refractivity contribution is 7.99. The zero-order valence-electron chi connectivity index (χ0n) is 9.05. The van der Waals surface area contributed by atoms with Gasteiger partial charge in [-0.2, -0.15) is 0 Å². The summed E-state index contributed by atoms with van der Waals surface area (Å²) in [5.74, 6) is 0.518. The summed E-state index contributed by atoms with van der Waals surface area (Å²) in [5, 5.41) is 0. The van der Waals surface area contributed by atoms with Gasteiger partial charge in [-0.1, -0.05) is 36.0 Å². The van der Waals surface area contributed by atoms with Crippen molar-refractivity contribution >= 4 is 29.0 Å². The molecule has 0 aliphatic carbocycles. The van der Waals surface area contributed by atoms with Gasteiger partial charge in [0.2, 0.25) is 0 Å². The lowest BCUT2D eigenvalue weighted by Crippen LogP contribution is -2.13. The third-order valence-electron chi connectivity index (χ3n) is 2.65. The Kier molecular flexibility index (Phi) is 2.30. The molecule has 0 amide bonds. The molecule has 3 nitrogen and oxygen atoms in total. The van der Waals surface area contributed by atoms with Crippen LogP contribution in [0.5, 0.6) is 0 Å². The number of aliphatic imine (C=N–C) groups is 1. The molecule has 2 aromatic rings. The molecular formula is C13H11N3S. The molecule has 0 bridgehead atoms. The molecule has 4 N–H and O–H groups in total. The highest BCUT2D eigenvalue weighted by atomic mass is 32.2. The number of hydrogen-bond donors (Lipinski definition) is 2. The number of fused-ring (bicyclic) bond motifs is 2. The fourth-order valence-corrected chi connectivity index (χ4v) is 2.88. The van der Waals surface area contributed by atoms with Crippen LogP contribution in [0.2, 0.25) is 0 Å². The summed E-state index contributed by atoms with van der Waals surface area (Å²) in [7, 11) is 0. The van der Waals surface area contributed by atoms with Crippen molar-refractivity contribution in [2.75, 3.05) is 5.73 Å². The van der Waals surface area contributed by atoms with Crippen molar-refractivity contribution in [3.8, 4) is 0 Å². The smallest absolute Gasteiger partial charge is 0.132 e. The van der Waals surface area contributed by atoms with Crippen molar-refractivity contribution in [2.45, 2.75) is 9.79 Å². The van der Waals surface area contributed by atoms with E-state index >= 15 is 0 Å². The van der Waals surface area contributed by atoms with Crippen LogP contribution in [-0.4, -0.2) is 5.84 Å². The first-order valence-corrected chi connectivity index (χ1v) is 6.07. The van der Waals surface area contributed by atoms with Crippen molar-refractivity contribution in [3.05, 3.63) is 48.0 Å². The third kappa shape index (κ3) is 1.66. The number of amidine groups is 1. The Bertz CT molecular complexity index is 620. The molecule has 0 unspecified atom stereocenters. The lowest BCUT2D eigenvalue weighted by Gasteiger charge is -2.05. The summed E-state index contributed by atoms with van der Waals surface area (Å²) in [6, 6.07) is 13.8. The van der Waals surface area contributed by atoms with Crippen LogP contribution in [0.4, 0.5) is 11.4 Å². The van der Waals surface area contributed by atoms with E-state index in [1.807, 2.05) is 42.5 Å². The molecule has 84 valence electrons. The zero-order chi connectivity index (χ0) is 11.8. The molecule has 1 aliphatic heterocycles. The van der Waals surface area contributed by atoms with E-state index in [4.69, 9.17) is 11.5 Å². The van der Waals surface area contributed by atoms with E-state index in [1.165, 1.54) is 0 Å².